The van der Waals surface area contributed by atoms with Crippen LogP contribution in [0.5, 0.6) is 0 Å². The van der Waals surface area contributed by atoms with Crippen molar-refractivity contribution in [1.29, 1.82) is 0 Å². The smallest absolute Gasteiger partial charge is 0.227 e. The van der Waals surface area contributed by atoms with E-state index < -0.39 is 0 Å². The first-order chi connectivity index (χ1) is 14.6. The van der Waals surface area contributed by atoms with Gasteiger partial charge in [0.15, 0.2) is 5.96 Å². The molecule has 168 valence electrons. The third kappa shape index (κ3) is 7.31. The molecule has 0 radical (unpaired) electrons. The zero-order chi connectivity index (χ0) is 21.8. The van der Waals surface area contributed by atoms with Crippen molar-refractivity contribution in [2.75, 3.05) is 25.0 Å². The van der Waals surface area contributed by atoms with Gasteiger partial charge >= 0.3 is 0 Å². The second-order valence-electron chi connectivity index (χ2n) is 8.40. The molecule has 0 bridgehead atoms. The first-order valence-corrected chi connectivity index (χ1v) is 11.6. The Balaban J connectivity index is 1.98. The number of aliphatic hydroxyl groups excluding tert-OH is 1. The van der Waals surface area contributed by atoms with Gasteiger partial charge in [0.25, 0.3) is 0 Å². The van der Waals surface area contributed by atoms with Crippen molar-refractivity contribution in [3.05, 3.63) is 29.8 Å². The lowest BCUT2D eigenvalue weighted by Crippen LogP contribution is -2.43. The highest BCUT2D eigenvalue weighted by molar-refractivity contribution is 5.92. The molecule has 0 spiro atoms. The van der Waals surface area contributed by atoms with Gasteiger partial charge in [-0.25, -0.2) is 4.99 Å². The van der Waals surface area contributed by atoms with Crippen LogP contribution in [-0.4, -0.2) is 36.7 Å². The lowest BCUT2D eigenvalue weighted by atomic mass is 9.79. The van der Waals surface area contributed by atoms with E-state index in [2.05, 4.69) is 36.7 Å². The van der Waals surface area contributed by atoms with E-state index in [1.54, 1.807) is 0 Å². The van der Waals surface area contributed by atoms with E-state index in [0.717, 1.165) is 75.2 Å². The van der Waals surface area contributed by atoms with Crippen molar-refractivity contribution in [1.82, 2.24) is 10.6 Å². The van der Waals surface area contributed by atoms with E-state index in [1.165, 1.54) is 0 Å². The third-order valence-electron chi connectivity index (χ3n) is 6.46. The molecule has 30 heavy (non-hydrogen) atoms. The number of hydrogen-bond acceptors (Lipinski definition) is 3. The number of nitrogens with zero attached hydrogens (tertiary/aromatic N) is 1. The number of aliphatic hydroxyl groups is 1. The molecule has 4 N–H and O–H groups in total. The maximum Gasteiger partial charge on any atom is 0.227 e. The van der Waals surface area contributed by atoms with Gasteiger partial charge in [0, 0.05) is 31.3 Å². The van der Waals surface area contributed by atoms with Gasteiger partial charge in [-0.05, 0) is 62.1 Å². The Morgan fingerprint density at radius 3 is 2.53 bits per heavy atom. The second-order valence-corrected chi connectivity index (χ2v) is 8.40. The van der Waals surface area contributed by atoms with Gasteiger partial charge in [0.2, 0.25) is 5.91 Å². The maximum atomic E-state index is 12.4. The molecule has 0 saturated heterocycles. The van der Waals surface area contributed by atoms with Crippen LogP contribution < -0.4 is 16.0 Å². The largest absolute Gasteiger partial charge is 0.396 e. The van der Waals surface area contributed by atoms with Crippen molar-refractivity contribution < 1.29 is 9.90 Å². The fourth-order valence-corrected chi connectivity index (χ4v) is 4.14. The number of rotatable bonds is 11. The Kier molecular flexibility index (Phi) is 10.1. The molecule has 2 rings (SSSR count). The molecule has 6 nitrogen and oxygen atoms in total. The summed E-state index contributed by atoms with van der Waals surface area (Å²) in [6, 6.07) is 7.95. The van der Waals surface area contributed by atoms with Crippen molar-refractivity contribution in [2.24, 2.45) is 16.3 Å². The molecular formula is C24H40N4O2. The molecule has 0 aliphatic heterocycles. The predicted molar refractivity (Wildman–Crippen MR) is 125 cm³/mol. The van der Waals surface area contributed by atoms with E-state index >= 15 is 0 Å². The first kappa shape index (κ1) is 24.2. The summed E-state index contributed by atoms with van der Waals surface area (Å²) in [5.74, 6) is 1.08. The van der Waals surface area contributed by atoms with E-state index in [0.29, 0.717) is 6.54 Å². The standard InChI is InChI=1S/C24H40N4O2/c1-4-24(5-2,14-15-29)18-27-23(25-6-3)26-17-19-10-9-13-21(16-19)28-22(30)20-11-7-8-12-20/h9-10,13,16,20,29H,4-8,11-12,14-15,17-18H2,1-3H3,(H,28,30)(H2,25,26,27). The van der Waals surface area contributed by atoms with E-state index in [1.807, 2.05) is 24.3 Å². The topological polar surface area (TPSA) is 85.8 Å². The third-order valence-corrected chi connectivity index (χ3v) is 6.46. The number of guanidine groups is 1. The average molecular weight is 417 g/mol. The second kappa shape index (κ2) is 12.6. The Morgan fingerprint density at radius 2 is 1.90 bits per heavy atom. The molecule has 1 amide bonds. The molecule has 1 saturated carbocycles. The van der Waals surface area contributed by atoms with E-state index in [9.17, 15) is 9.90 Å². The number of amides is 1. The summed E-state index contributed by atoms with van der Waals surface area (Å²) in [6.07, 6.45) is 7.13. The van der Waals surface area contributed by atoms with Crippen LogP contribution in [0.2, 0.25) is 0 Å². The number of benzene rings is 1. The van der Waals surface area contributed by atoms with Gasteiger partial charge in [-0.2, -0.15) is 0 Å². The zero-order valence-electron chi connectivity index (χ0n) is 19.0. The summed E-state index contributed by atoms with van der Waals surface area (Å²) in [6.45, 7) is 8.71. The Hall–Kier alpha value is -2.08. The SMILES string of the molecule is CCNC(=NCc1cccc(NC(=O)C2CCCC2)c1)NCC(CC)(CC)CCO. The Labute approximate surface area is 181 Å². The number of hydrogen-bond donors (Lipinski definition) is 4. The quantitative estimate of drug-likeness (QED) is 0.324. The minimum Gasteiger partial charge on any atom is -0.396 e. The minimum absolute atomic E-state index is 0.0787. The monoisotopic (exact) mass is 416 g/mol. The zero-order valence-corrected chi connectivity index (χ0v) is 19.0. The molecule has 1 fully saturated rings. The Morgan fingerprint density at radius 1 is 1.17 bits per heavy atom. The van der Waals surface area contributed by atoms with Gasteiger partial charge in [-0.15, -0.1) is 0 Å². The molecule has 0 heterocycles. The van der Waals surface area contributed by atoms with Crippen molar-refractivity contribution in [2.45, 2.75) is 72.3 Å². The molecule has 0 atom stereocenters. The molecule has 6 heteroatoms. The molecule has 0 unspecified atom stereocenters. The van der Waals surface area contributed by atoms with E-state index in [4.69, 9.17) is 4.99 Å². The first-order valence-electron chi connectivity index (χ1n) is 11.6. The minimum atomic E-state index is 0.0787. The van der Waals surface area contributed by atoms with Crippen LogP contribution in [0.3, 0.4) is 0 Å². The number of carbonyl (C=O) groups is 1. The lowest BCUT2D eigenvalue weighted by Gasteiger charge is -2.32. The summed E-state index contributed by atoms with van der Waals surface area (Å²) in [4.78, 5) is 17.1. The molecule has 1 aliphatic rings. The average Bonchev–Trinajstić information content (AvgIpc) is 3.30. The normalized spacial score (nSPS) is 15.3. The van der Waals surface area contributed by atoms with Crippen LogP contribution in [0.15, 0.2) is 29.3 Å². The predicted octanol–water partition coefficient (Wildman–Crippen LogP) is 4.06. The number of aliphatic imine (C=N–C) groups is 1. The highest BCUT2D eigenvalue weighted by Crippen LogP contribution is 2.29. The van der Waals surface area contributed by atoms with Crippen molar-refractivity contribution in [3.63, 3.8) is 0 Å². The fraction of sp³-hybridized carbons (Fsp3) is 0.667. The molecule has 1 aromatic carbocycles. The number of carbonyl (C=O) groups excluding carboxylic acids is 1. The fourth-order valence-electron chi connectivity index (χ4n) is 4.14. The highest BCUT2D eigenvalue weighted by atomic mass is 16.3. The maximum absolute atomic E-state index is 12.4. The van der Waals surface area contributed by atoms with Gasteiger partial charge in [-0.1, -0.05) is 38.8 Å². The Bertz CT molecular complexity index is 680. The molecule has 1 aromatic rings. The molecular weight excluding hydrogens is 376 g/mol. The van der Waals surface area contributed by atoms with Gasteiger partial charge in [0.1, 0.15) is 0 Å². The van der Waals surface area contributed by atoms with Crippen LogP contribution in [-0.2, 0) is 11.3 Å². The summed E-state index contributed by atoms with van der Waals surface area (Å²) in [5.41, 5.74) is 1.98. The van der Waals surface area contributed by atoms with Crippen LogP contribution in [0.25, 0.3) is 0 Å². The highest BCUT2D eigenvalue weighted by Gasteiger charge is 2.25. The van der Waals surface area contributed by atoms with Crippen molar-refractivity contribution in [3.8, 4) is 0 Å². The van der Waals surface area contributed by atoms with Crippen LogP contribution in [0.4, 0.5) is 5.69 Å². The molecule has 1 aliphatic carbocycles. The van der Waals surface area contributed by atoms with Gasteiger partial charge in [0.05, 0.1) is 6.54 Å². The summed E-state index contributed by atoms with van der Waals surface area (Å²) in [5, 5.41) is 19.3. The van der Waals surface area contributed by atoms with Crippen molar-refractivity contribution >= 4 is 17.6 Å². The number of anilines is 1. The van der Waals surface area contributed by atoms with Crippen LogP contribution >= 0.6 is 0 Å². The number of nitrogens with one attached hydrogen (secondary N) is 3. The lowest BCUT2D eigenvalue weighted by molar-refractivity contribution is -0.119. The van der Waals surface area contributed by atoms with Gasteiger partial charge < -0.3 is 21.1 Å². The summed E-state index contributed by atoms with van der Waals surface area (Å²) >= 11 is 0. The van der Waals surface area contributed by atoms with Crippen LogP contribution in [0, 0.1) is 11.3 Å². The molecule has 0 aromatic heterocycles. The summed E-state index contributed by atoms with van der Waals surface area (Å²) < 4.78 is 0. The van der Waals surface area contributed by atoms with Gasteiger partial charge in [-0.3, -0.25) is 4.79 Å². The van der Waals surface area contributed by atoms with Crippen LogP contribution in [0.1, 0.15) is 71.3 Å². The van der Waals surface area contributed by atoms with E-state index in [-0.39, 0.29) is 23.8 Å². The summed E-state index contributed by atoms with van der Waals surface area (Å²) in [7, 11) is 0.